The molecule has 0 aromatic carbocycles. The third kappa shape index (κ3) is 2.87. The number of rotatable bonds is 5. The van der Waals surface area contributed by atoms with Crippen LogP contribution in [0.3, 0.4) is 0 Å². The zero-order valence-corrected chi connectivity index (χ0v) is 10.6. The molecule has 0 aliphatic carbocycles. The van der Waals surface area contributed by atoms with Gasteiger partial charge in [0.15, 0.2) is 0 Å². The molecular weight excluding hydrogens is 242 g/mol. The van der Waals surface area contributed by atoms with Crippen molar-refractivity contribution in [2.24, 2.45) is 0 Å². The van der Waals surface area contributed by atoms with Crippen LogP contribution in [-0.4, -0.2) is 21.9 Å². The summed E-state index contributed by atoms with van der Waals surface area (Å²) >= 11 is 3.33. The van der Waals surface area contributed by atoms with Gasteiger partial charge in [-0.1, -0.05) is 6.92 Å². The van der Waals surface area contributed by atoms with Crippen molar-refractivity contribution in [3.63, 3.8) is 0 Å². The van der Waals surface area contributed by atoms with E-state index in [1.165, 1.54) is 0 Å². The highest BCUT2D eigenvalue weighted by Gasteiger charge is 2.07. The van der Waals surface area contributed by atoms with Crippen LogP contribution in [0.2, 0.25) is 0 Å². The lowest BCUT2D eigenvalue weighted by molar-refractivity contribution is 0.300. The smallest absolute Gasteiger partial charge is 0.126 e. The zero-order valence-electron chi connectivity index (χ0n) is 8.92. The average Bonchev–Trinajstić information content (AvgIpc) is 2.95. The van der Waals surface area contributed by atoms with Crippen molar-refractivity contribution < 1.29 is 9.52 Å². The Morgan fingerprint density at radius 2 is 2.50 bits per heavy atom. The van der Waals surface area contributed by atoms with Gasteiger partial charge in [-0.3, -0.25) is 0 Å². The van der Waals surface area contributed by atoms with E-state index < -0.39 is 0 Å². The molecule has 2 heterocycles. The summed E-state index contributed by atoms with van der Waals surface area (Å²) in [4.78, 5) is 4.52. The Hall–Kier alpha value is -0.780. The van der Waals surface area contributed by atoms with E-state index in [0.717, 1.165) is 22.0 Å². The predicted octanol–water partition coefficient (Wildman–Crippen LogP) is 3.02. The molecule has 0 amide bonds. The molecule has 0 spiro atoms. The number of hydrogen-bond acceptors (Lipinski definition) is 5. The summed E-state index contributed by atoms with van der Waals surface area (Å²) in [5.74, 6) is 0.843. The number of aromatic nitrogens is 1. The van der Waals surface area contributed by atoms with Crippen LogP contribution < -0.4 is 0 Å². The summed E-state index contributed by atoms with van der Waals surface area (Å²) in [6.45, 7) is 2.22. The van der Waals surface area contributed by atoms with Gasteiger partial charge in [-0.25, -0.2) is 4.98 Å². The lowest BCUT2D eigenvalue weighted by Gasteiger charge is -2.04. The monoisotopic (exact) mass is 255 g/mol. The Labute approximate surface area is 103 Å². The number of furan rings is 1. The molecule has 0 fully saturated rings. The maximum Gasteiger partial charge on any atom is 0.126 e. The van der Waals surface area contributed by atoms with Crippen molar-refractivity contribution >= 4 is 23.1 Å². The van der Waals surface area contributed by atoms with E-state index in [1.54, 1.807) is 35.6 Å². The molecule has 2 rings (SSSR count). The summed E-state index contributed by atoms with van der Waals surface area (Å²) in [6.07, 6.45) is 3.35. The molecule has 1 atom stereocenters. The number of hydrogen-bond donors (Lipinski definition) is 1. The molecule has 1 N–H and O–H groups in total. The van der Waals surface area contributed by atoms with Gasteiger partial charge in [-0.15, -0.1) is 11.3 Å². The highest BCUT2D eigenvalue weighted by Crippen LogP contribution is 2.26. The first-order valence-corrected chi connectivity index (χ1v) is 6.92. The number of thiazole rings is 1. The van der Waals surface area contributed by atoms with E-state index in [2.05, 4.69) is 10.4 Å². The summed E-state index contributed by atoms with van der Waals surface area (Å²) in [7, 11) is 0. The van der Waals surface area contributed by atoms with Crippen LogP contribution in [0.5, 0.6) is 0 Å². The minimum atomic E-state index is 0.212. The van der Waals surface area contributed by atoms with Gasteiger partial charge in [0.05, 0.1) is 18.6 Å². The fraction of sp³-hybridized carbons (Fsp3) is 0.364. The lowest BCUT2D eigenvalue weighted by Crippen LogP contribution is -2.02. The molecule has 3 nitrogen and oxygen atoms in total. The highest BCUT2D eigenvalue weighted by molar-refractivity contribution is 7.99. The molecular formula is C11H13NO2S2. The zero-order chi connectivity index (χ0) is 11.4. The third-order valence-corrected chi connectivity index (χ3v) is 4.21. The Morgan fingerprint density at radius 1 is 1.62 bits per heavy atom. The molecule has 5 heteroatoms. The van der Waals surface area contributed by atoms with Crippen LogP contribution in [0, 0.1) is 0 Å². The number of nitrogens with zero attached hydrogens (tertiary/aromatic N) is 1. The summed E-state index contributed by atoms with van der Waals surface area (Å²) in [5, 5.41) is 12.2. The fourth-order valence-corrected chi connectivity index (χ4v) is 2.79. The molecule has 0 bridgehead atoms. The Kier molecular flexibility index (Phi) is 4.04. The van der Waals surface area contributed by atoms with E-state index in [-0.39, 0.29) is 11.9 Å². The summed E-state index contributed by atoms with van der Waals surface area (Å²) < 4.78 is 5.02. The molecule has 0 aliphatic rings. The maximum atomic E-state index is 8.92. The van der Waals surface area contributed by atoms with Crippen molar-refractivity contribution in [3.8, 4) is 10.6 Å². The molecule has 86 valence electrons. The van der Waals surface area contributed by atoms with Crippen molar-refractivity contribution in [3.05, 3.63) is 29.7 Å². The Balaban J connectivity index is 1.98. The van der Waals surface area contributed by atoms with Gasteiger partial charge in [0.1, 0.15) is 11.3 Å². The fourth-order valence-electron chi connectivity index (χ4n) is 1.17. The van der Waals surface area contributed by atoms with Gasteiger partial charge in [0.25, 0.3) is 0 Å². The second-order valence-corrected chi connectivity index (χ2v) is 5.75. The molecule has 0 saturated heterocycles. The Morgan fingerprint density at radius 3 is 3.19 bits per heavy atom. The van der Waals surface area contributed by atoms with Crippen molar-refractivity contribution in [2.45, 2.75) is 17.9 Å². The molecule has 2 aromatic rings. The molecule has 2 aromatic heterocycles. The van der Waals surface area contributed by atoms with E-state index in [0.29, 0.717) is 0 Å². The second-order valence-electron chi connectivity index (χ2n) is 3.46. The van der Waals surface area contributed by atoms with Gasteiger partial charge in [0.2, 0.25) is 0 Å². The molecule has 16 heavy (non-hydrogen) atoms. The number of thioether (sulfide) groups is 1. The number of aliphatic hydroxyl groups excluding tert-OH is 1. The standard InChI is InChI=1S/C11H13NO2S2/c1-8(4-13)15-6-10-7-16-11(12-10)9-2-3-14-5-9/h2-3,5,7-8,13H,4,6H2,1H3. The van der Waals surface area contributed by atoms with Crippen LogP contribution in [0.25, 0.3) is 10.6 Å². The number of aliphatic hydroxyl groups is 1. The van der Waals surface area contributed by atoms with Gasteiger partial charge < -0.3 is 9.52 Å². The predicted molar refractivity (Wildman–Crippen MR) is 67.7 cm³/mol. The summed E-state index contributed by atoms with van der Waals surface area (Å²) in [5.41, 5.74) is 2.09. The highest BCUT2D eigenvalue weighted by atomic mass is 32.2. The lowest BCUT2D eigenvalue weighted by atomic mass is 10.4. The topological polar surface area (TPSA) is 46.3 Å². The minimum absolute atomic E-state index is 0.212. The first-order chi connectivity index (χ1) is 7.79. The Bertz CT molecular complexity index is 425. The van der Waals surface area contributed by atoms with E-state index >= 15 is 0 Å². The molecule has 0 radical (unpaired) electrons. The van der Waals surface area contributed by atoms with Crippen molar-refractivity contribution in [1.82, 2.24) is 4.98 Å². The van der Waals surface area contributed by atoms with Crippen LogP contribution in [0.15, 0.2) is 28.4 Å². The second kappa shape index (κ2) is 5.52. The van der Waals surface area contributed by atoms with Crippen LogP contribution >= 0.6 is 23.1 Å². The van der Waals surface area contributed by atoms with Gasteiger partial charge in [-0.05, 0) is 6.07 Å². The normalized spacial score (nSPS) is 12.9. The van der Waals surface area contributed by atoms with Crippen LogP contribution in [0.4, 0.5) is 0 Å². The van der Waals surface area contributed by atoms with Crippen molar-refractivity contribution in [1.29, 1.82) is 0 Å². The maximum absolute atomic E-state index is 8.92. The van der Waals surface area contributed by atoms with E-state index in [1.807, 2.05) is 13.0 Å². The molecule has 0 aliphatic heterocycles. The van der Waals surface area contributed by atoms with Gasteiger partial charge in [0, 0.05) is 21.9 Å². The SMILES string of the molecule is CC(CO)SCc1csc(-c2ccoc2)n1. The first kappa shape index (κ1) is 11.7. The van der Waals surface area contributed by atoms with E-state index in [9.17, 15) is 0 Å². The van der Waals surface area contributed by atoms with Gasteiger partial charge >= 0.3 is 0 Å². The minimum Gasteiger partial charge on any atom is -0.472 e. The first-order valence-electron chi connectivity index (χ1n) is 4.99. The third-order valence-electron chi connectivity index (χ3n) is 2.09. The quantitative estimate of drug-likeness (QED) is 0.892. The largest absolute Gasteiger partial charge is 0.472 e. The van der Waals surface area contributed by atoms with Crippen LogP contribution in [0.1, 0.15) is 12.6 Å². The van der Waals surface area contributed by atoms with Crippen LogP contribution in [-0.2, 0) is 5.75 Å². The van der Waals surface area contributed by atoms with Crippen molar-refractivity contribution in [2.75, 3.05) is 6.61 Å². The summed E-state index contributed by atoms with van der Waals surface area (Å²) in [6, 6.07) is 1.91. The average molecular weight is 255 g/mol. The molecule has 1 unspecified atom stereocenters. The van der Waals surface area contributed by atoms with E-state index in [4.69, 9.17) is 9.52 Å². The van der Waals surface area contributed by atoms with Gasteiger partial charge in [-0.2, -0.15) is 11.8 Å². The molecule has 0 saturated carbocycles.